The zero-order valence-electron chi connectivity index (χ0n) is 8.41. The molecule has 0 atom stereocenters. The summed E-state index contributed by atoms with van der Waals surface area (Å²) < 4.78 is 6.76. The number of aryl methyl sites for hydroxylation is 1. The highest BCUT2D eigenvalue weighted by Gasteiger charge is 2.14. The highest BCUT2D eigenvalue weighted by Crippen LogP contribution is 2.17. The molecule has 14 heavy (non-hydrogen) atoms. The summed E-state index contributed by atoms with van der Waals surface area (Å²) in [6.45, 7) is 0. The van der Waals surface area contributed by atoms with Crippen molar-refractivity contribution in [1.29, 1.82) is 0 Å². The zero-order chi connectivity index (χ0) is 10.1. The van der Waals surface area contributed by atoms with Crippen LogP contribution in [0.1, 0.15) is 11.1 Å². The largest absolute Gasteiger partial charge is 0.501 e. The topological polar surface area (TPSA) is 31.2 Å². The molecule has 0 N–H and O–H groups in total. The molecular weight excluding hydrogens is 178 g/mol. The Morgan fingerprint density at radius 2 is 2.29 bits per heavy atom. The average molecular weight is 191 g/mol. The van der Waals surface area contributed by atoms with Crippen LogP contribution in [0.2, 0.25) is 0 Å². The molecule has 1 aromatic heterocycles. The number of aromatic nitrogens is 1. The quantitative estimate of drug-likeness (QED) is 0.663. The van der Waals surface area contributed by atoms with Crippen molar-refractivity contribution in [2.24, 2.45) is 7.05 Å². The first-order chi connectivity index (χ1) is 6.72. The van der Waals surface area contributed by atoms with Gasteiger partial charge in [0.05, 0.1) is 12.9 Å². The molecule has 1 heterocycles. The Morgan fingerprint density at radius 3 is 3.00 bits per heavy atom. The Bertz CT molecular complexity index is 443. The van der Waals surface area contributed by atoms with Gasteiger partial charge in [0.25, 0.3) is 5.56 Å². The molecule has 0 aliphatic heterocycles. The average Bonchev–Trinajstić information content (AvgIpc) is 2.23. The van der Waals surface area contributed by atoms with E-state index in [9.17, 15) is 4.79 Å². The second kappa shape index (κ2) is 3.33. The van der Waals surface area contributed by atoms with Gasteiger partial charge in [-0.05, 0) is 24.1 Å². The van der Waals surface area contributed by atoms with Crippen LogP contribution in [0.25, 0.3) is 0 Å². The Kier molecular flexibility index (Phi) is 2.15. The Labute approximate surface area is 82.6 Å². The lowest BCUT2D eigenvalue weighted by molar-refractivity contribution is 0.279. The minimum Gasteiger partial charge on any atom is -0.501 e. The van der Waals surface area contributed by atoms with Crippen molar-refractivity contribution < 1.29 is 4.74 Å². The van der Waals surface area contributed by atoms with Gasteiger partial charge in [0.2, 0.25) is 0 Å². The molecule has 1 aromatic rings. The standard InChI is InChI=1S/C11H13NO2/c1-12-6-5-8-3-4-9(14-2)7-10(8)11(12)13/h4-6H,3,7H2,1-2H3. The fourth-order valence-electron chi connectivity index (χ4n) is 1.73. The van der Waals surface area contributed by atoms with Crippen molar-refractivity contribution in [3.05, 3.63) is 45.6 Å². The van der Waals surface area contributed by atoms with Crippen LogP contribution in [0.15, 0.2) is 28.9 Å². The number of methoxy groups -OCH3 is 1. The van der Waals surface area contributed by atoms with Crippen molar-refractivity contribution >= 4 is 0 Å². The number of hydrogen-bond acceptors (Lipinski definition) is 2. The number of nitrogens with zero attached hydrogens (tertiary/aromatic N) is 1. The molecule has 0 saturated carbocycles. The summed E-state index contributed by atoms with van der Waals surface area (Å²) in [7, 11) is 3.41. The number of fused-ring (bicyclic) bond motifs is 1. The summed E-state index contributed by atoms with van der Waals surface area (Å²) in [5.41, 5.74) is 2.08. The summed E-state index contributed by atoms with van der Waals surface area (Å²) in [6, 6.07) is 2.00. The molecule has 0 unspecified atom stereocenters. The van der Waals surface area contributed by atoms with Crippen LogP contribution in [0.4, 0.5) is 0 Å². The first-order valence-electron chi connectivity index (χ1n) is 4.63. The predicted octanol–water partition coefficient (Wildman–Crippen LogP) is 1.01. The summed E-state index contributed by atoms with van der Waals surface area (Å²) in [4.78, 5) is 11.8. The molecule has 2 rings (SSSR count). The molecule has 74 valence electrons. The Hall–Kier alpha value is -1.51. The molecular formula is C11H13NO2. The van der Waals surface area contributed by atoms with Gasteiger partial charge in [-0.3, -0.25) is 4.79 Å². The predicted molar refractivity (Wildman–Crippen MR) is 54.2 cm³/mol. The van der Waals surface area contributed by atoms with E-state index < -0.39 is 0 Å². The summed E-state index contributed by atoms with van der Waals surface area (Å²) in [6.07, 6.45) is 5.27. The van der Waals surface area contributed by atoms with Crippen LogP contribution in [-0.4, -0.2) is 11.7 Å². The summed E-state index contributed by atoms with van der Waals surface area (Å²) in [5.74, 6) is 0.890. The van der Waals surface area contributed by atoms with Crippen LogP contribution in [0.5, 0.6) is 0 Å². The lowest BCUT2D eigenvalue weighted by atomic mass is 9.97. The molecule has 3 heteroatoms. The van der Waals surface area contributed by atoms with E-state index in [-0.39, 0.29) is 5.56 Å². The zero-order valence-corrected chi connectivity index (χ0v) is 8.41. The van der Waals surface area contributed by atoms with Crippen molar-refractivity contribution in [3.8, 4) is 0 Å². The van der Waals surface area contributed by atoms with E-state index in [1.807, 2.05) is 18.3 Å². The van der Waals surface area contributed by atoms with Crippen LogP contribution in [0.3, 0.4) is 0 Å². The van der Waals surface area contributed by atoms with Crippen LogP contribution < -0.4 is 5.56 Å². The summed E-state index contributed by atoms with van der Waals surface area (Å²) >= 11 is 0. The monoisotopic (exact) mass is 191 g/mol. The second-order valence-corrected chi connectivity index (χ2v) is 3.49. The normalized spacial score (nSPS) is 14.6. The number of allylic oxidation sites excluding steroid dienone is 2. The third kappa shape index (κ3) is 1.35. The lowest BCUT2D eigenvalue weighted by Gasteiger charge is -2.15. The van der Waals surface area contributed by atoms with E-state index in [0.29, 0.717) is 6.42 Å². The van der Waals surface area contributed by atoms with E-state index in [4.69, 9.17) is 4.74 Å². The molecule has 0 amide bonds. The minimum absolute atomic E-state index is 0.0881. The van der Waals surface area contributed by atoms with E-state index in [1.54, 1.807) is 18.7 Å². The molecule has 3 nitrogen and oxygen atoms in total. The Morgan fingerprint density at radius 1 is 1.50 bits per heavy atom. The maximum absolute atomic E-state index is 11.8. The van der Waals surface area contributed by atoms with Gasteiger partial charge in [0, 0.05) is 25.2 Å². The van der Waals surface area contributed by atoms with Gasteiger partial charge >= 0.3 is 0 Å². The fourth-order valence-corrected chi connectivity index (χ4v) is 1.73. The van der Waals surface area contributed by atoms with Crippen molar-refractivity contribution in [1.82, 2.24) is 4.57 Å². The van der Waals surface area contributed by atoms with Gasteiger partial charge in [0.1, 0.15) is 0 Å². The van der Waals surface area contributed by atoms with E-state index in [0.717, 1.165) is 23.3 Å². The van der Waals surface area contributed by atoms with E-state index >= 15 is 0 Å². The second-order valence-electron chi connectivity index (χ2n) is 3.49. The molecule has 0 fully saturated rings. The van der Waals surface area contributed by atoms with Crippen LogP contribution >= 0.6 is 0 Å². The molecule has 0 bridgehead atoms. The van der Waals surface area contributed by atoms with E-state index in [2.05, 4.69) is 0 Å². The molecule has 1 aliphatic rings. The highest BCUT2D eigenvalue weighted by atomic mass is 16.5. The van der Waals surface area contributed by atoms with Gasteiger partial charge in [0.15, 0.2) is 0 Å². The molecule has 0 saturated heterocycles. The van der Waals surface area contributed by atoms with Gasteiger partial charge < -0.3 is 9.30 Å². The van der Waals surface area contributed by atoms with Gasteiger partial charge in [-0.1, -0.05) is 0 Å². The third-order valence-corrected chi connectivity index (χ3v) is 2.63. The number of ether oxygens (including phenoxy) is 1. The smallest absolute Gasteiger partial charge is 0.254 e. The van der Waals surface area contributed by atoms with Crippen LogP contribution in [0, 0.1) is 0 Å². The maximum atomic E-state index is 11.8. The molecule has 0 radical (unpaired) electrons. The first-order valence-corrected chi connectivity index (χ1v) is 4.63. The number of pyridine rings is 1. The SMILES string of the molecule is COC1=CCc2ccn(C)c(=O)c2C1. The summed E-state index contributed by atoms with van der Waals surface area (Å²) in [5, 5.41) is 0. The maximum Gasteiger partial charge on any atom is 0.254 e. The van der Waals surface area contributed by atoms with Gasteiger partial charge in [-0.15, -0.1) is 0 Å². The van der Waals surface area contributed by atoms with Crippen molar-refractivity contribution in [2.75, 3.05) is 7.11 Å². The number of rotatable bonds is 1. The molecule has 1 aliphatic carbocycles. The van der Waals surface area contributed by atoms with Gasteiger partial charge in [-0.25, -0.2) is 0 Å². The molecule has 0 spiro atoms. The lowest BCUT2D eigenvalue weighted by Crippen LogP contribution is -2.24. The molecule has 0 aromatic carbocycles. The van der Waals surface area contributed by atoms with E-state index in [1.165, 1.54) is 0 Å². The fraction of sp³-hybridized carbons (Fsp3) is 0.364. The van der Waals surface area contributed by atoms with Crippen molar-refractivity contribution in [3.63, 3.8) is 0 Å². The first kappa shape index (κ1) is 9.06. The van der Waals surface area contributed by atoms with Crippen molar-refractivity contribution in [2.45, 2.75) is 12.8 Å². The number of hydrogen-bond donors (Lipinski definition) is 0. The van der Waals surface area contributed by atoms with Gasteiger partial charge in [-0.2, -0.15) is 0 Å². The van der Waals surface area contributed by atoms with Crippen LogP contribution in [-0.2, 0) is 24.6 Å². The Balaban J connectivity index is 2.50. The highest BCUT2D eigenvalue weighted by molar-refractivity contribution is 5.33. The minimum atomic E-state index is 0.0881. The third-order valence-electron chi connectivity index (χ3n) is 2.63.